The molecule has 1 aliphatic rings. The smallest absolute Gasteiger partial charge is 0.273 e. The van der Waals surface area contributed by atoms with Gasteiger partial charge in [0.25, 0.3) is 20.0 Å². The Kier molecular flexibility index (Phi) is 5.32. The van der Waals surface area contributed by atoms with Crippen molar-refractivity contribution in [2.24, 2.45) is 0 Å². The van der Waals surface area contributed by atoms with E-state index < -0.39 is 20.0 Å². The first-order chi connectivity index (χ1) is 13.8. The highest BCUT2D eigenvalue weighted by Gasteiger charge is 2.30. The first kappa shape index (κ1) is 20.2. The van der Waals surface area contributed by atoms with Crippen LogP contribution in [0.25, 0.3) is 0 Å². The fourth-order valence-corrected chi connectivity index (χ4v) is 7.24. The van der Waals surface area contributed by atoms with Gasteiger partial charge in [-0.25, -0.2) is 16.8 Å². The van der Waals surface area contributed by atoms with Gasteiger partial charge in [-0.15, -0.1) is 11.3 Å². The van der Waals surface area contributed by atoms with E-state index in [1.165, 1.54) is 27.8 Å². The Labute approximate surface area is 178 Å². The van der Waals surface area contributed by atoms with E-state index in [0.29, 0.717) is 35.8 Å². The van der Waals surface area contributed by atoms with Crippen LogP contribution in [0.2, 0.25) is 5.02 Å². The standard InChI is InChI=1S/C19H17ClN2O4S3/c20-15-5-1-6-17(13-15)28(23,24)21-16-8-9-18-14(12-16)4-2-10-22(18)29(25,26)19-7-3-11-27-19/h1,3,5-9,11-13,21H,2,4,10H2. The number of fused-ring (bicyclic) bond motifs is 1. The van der Waals surface area contributed by atoms with Gasteiger partial charge in [-0.2, -0.15) is 0 Å². The lowest BCUT2D eigenvalue weighted by Gasteiger charge is -2.30. The first-order valence-electron chi connectivity index (χ1n) is 8.75. The Morgan fingerprint density at radius 3 is 2.55 bits per heavy atom. The van der Waals surface area contributed by atoms with E-state index in [-0.39, 0.29) is 9.10 Å². The average Bonchev–Trinajstić information content (AvgIpc) is 3.23. The number of nitrogens with zero attached hydrogens (tertiary/aromatic N) is 1. The third kappa shape index (κ3) is 4.00. The molecule has 0 unspecified atom stereocenters. The molecule has 1 aliphatic heterocycles. The molecule has 0 atom stereocenters. The zero-order valence-electron chi connectivity index (χ0n) is 15.1. The molecule has 0 amide bonds. The zero-order chi connectivity index (χ0) is 20.6. The van der Waals surface area contributed by atoms with E-state index in [0.717, 1.165) is 5.56 Å². The highest BCUT2D eigenvalue weighted by Crippen LogP contribution is 2.35. The molecule has 3 aromatic rings. The van der Waals surface area contributed by atoms with Gasteiger partial charge in [0.05, 0.1) is 10.6 Å². The molecule has 2 heterocycles. The van der Waals surface area contributed by atoms with Crippen molar-refractivity contribution in [2.45, 2.75) is 21.9 Å². The summed E-state index contributed by atoms with van der Waals surface area (Å²) < 4.78 is 55.4. The maximum absolute atomic E-state index is 13.0. The number of sulfonamides is 2. The van der Waals surface area contributed by atoms with E-state index in [2.05, 4.69) is 4.72 Å². The van der Waals surface area contributed by atoms with Gasteiger partial charge in [0, 0.05) is 17.3 Å². The van der Waals surface area contributed by atoms with Gasteiger partial charge in [0.15, 0.2) is 0 Å². The molecule has 10 heteroatoms. The Morgan fingerprint density at radius 1 is 1.00 bits per heavy atom. The summed E-state index contributed by atoms with van der Waals surface area (Å²) in [5.41, 5.74) is 1.73. The van der Waals surface area contributed by atoms with Crippen LogP contribution in [0.5, 0.6) is 0 Å². The maximum atomic E-state index is 13.0. The summed E-state index contributed by atoms with van der Waals surface area (Å²) in [6.07, 6.45) is 1.32. The van der Waals surface area contributed by atoms with Crippen LogP contribution in [0.1, 0.15) is 12.0 Å². The minimum absolute atomic E-state index is 0.0598. The van der Waals surface area contributed by atoms with Crippen molar-refractivity contribution in [1.29, 1.82) is 0 Å². The quantitative estimate of drug-likeness (QED) is 0.603. The van der Waals surface area contributed by atoms with Crippen LogP contribution in [-0.2, 0) is 26.5 Å². The van der Waals surface area contributed by atoms with Crippen LogP contribution in [0.15, 0.2) is 69.1 Å². The number of hydrogen-bond acceptors (Lipinski definition) is 5. The molecular formula is C19H17ClN2O4S3. The molecule has 0 fully saturated rings. The summed E-state index contributed by atoms with van der Waals surface area (Å²) in [5.74, 6) is 0. The number of thiophene rings is 1. The van der Waals surface area contributed by atoms with Crippen molar-refractivity contribution < 1.29 is 16.8 Å². The van der Waals surface area contributed by atoms with Gasteiger partial charge in [0.1, 0.15) is 4.21 Å². The maximum Gasteiger partial charge on any atom is 0.273 e. The number of anilines is 2. The molecule has 6 nitrogen and oxygen atoms in total. The number of halogens is 1. The molecule has 1 N–H and O–H groups in total. The lowest BCUT2D eigenvalue weighted by atomic mass is 10.0. The lowest BCUT2D eigenvalue weighted by molar-refractivity contribution is 0.588. The molecule has 4 rings (SSSR count). The molecule has 152 valence electrons. The molecule has 0 spiro atoms. The zero-order valence-corrected chi connectivity index (χ0v) is 18.3. The van der Waals surface area contributed by atoms with Gasteiger partial charge < -0.3 is 0 Å². The first-order valence-corrected chi connectivity index (χ1v) is 12.9. The Morgan fingerprint density at radius 2 is 1.83 bits per heavy atom. The topological polar surface area (TPSA) is 83.6 Å². The molecule has 0 saturated carbocycles. The number of hydrogen-bond donors (Lipinski definition) is 1. The highest BCUT2D eigenvalue weighted by molar-refractivity contribution is 7.94. The summed E-state index contributed by atoms with van der Waals surface area (Å²) in [7, 11) is -7.43. The Balaban J connectivity index is 1.66. The van der Waals surface area contributed by atoms with E-state index in [4.69, 9.17) is 11.6 Å². The summed E-state index contributed by atoms with van der Waals surface area (Å²) in [5, 5.41) is 2.05. The minimum atomic E-state index is -3.80. The molecule has 0 saturated heterocycles. The van der Waals surface area contributed by atoms with E-state index in [9.17, 15) is 16.8 Å². The second-order valence-electron chi connectivity index (χ2n) is 6.52. The van der Waals surface area contributed by atoms with Gasteiger partial charge in [-0.1, -0.05) is 23.7 Å². The Hall–Kier alpha value is -2.07. The number of nitrogens with one attached hydrogen (secondary N) is 1. The largest absolute Gasteiger partial charge is 0.280 e. The summed E-state index contributed by atoms with van der Waals surface area (Å²) in [6.45, 7) is 0.390. The minimum Gasteiger partial charge on any atom is -0.280 e. The average molecular weight is 469 g/mol. The van der Waals surface area contributed by atoms with Crippen LogP contribution in [0.4, 0.5) is 11.4 Å². The van der Waals surface area contributed by atoms with Gasteiger partial charge in [-0.05, 0) is 66.2 Å². The van der Waals surface area contributed by atoms with Crippen LogP contribution < -0.4 is 9.03 Å². The SMILES string of the molecule is O=S(=O)(Nc1ccc2c(c1)CCCN2S(=O)(=O)c1cccs1)c1cccc(Cl)c1. The van der Waals surface area contributed by atoms with Gasteiger partial charge in [-0.3, -0.25) is 9.03 Å². The van der Waals surface area contributed by atoms with E-state index in [1.807, 2.05) is 0 Å². The van der Waals surface area contributed by atoms with Crippen molar-refractivity contribution in [3.8, 4) is 0 Å². The van der Waals surface area contributed by atoms with Crippen LogP contribution >= 0.6 is 22.9 Å². The summed E-state index contributed by atoms with van der Waals surface area (Å²) >= 11 is 7.07. The van der Waals surface area contributed by atoms with Crippen LogP contribution in [-0.4, -0.2) is 23.4 Å². The van der Waals surface area contributed by atoms with Crippen molar-refractivity contribution in [3.05, 3.63) is 70.6 Å². The normalized spacial score (nSPS) is 14.4. The summed E-state index contributed by atoms with van der Waals surface area (Å²) in [6, 6.07) is 14.2. The fraction of sp³-hybridized carbons (Fsp3) is 0.158. The van der Waals surface area contributed by atoms with Crippen molar-refractivity contribution in [1.82, 2.24) is 0 Å². The lowest BCUT2D eigenvalue weighted by Crippen LogP contribution is -2.35. The fourth-order valence-electron chi connectivity index (χ4n) is 3.24. The third-order valence-electron chi connectivity index (χ3n) is 4.55. The number of aryl methyl sites for hydroxylation is 1. The molecule has 2 aromatic carbocycles. The third-order valence-corrected chi connectivity index (χ3v) is 9.35. The van der Waals surface area contributed by atoms with Crippen molar-refractivity contribution in [2.75, 3.05) is 15.6 Å². The molecule has 0 aliphatic carbocycles. The summed E-state index contributed by atoms with van der Waals surface area (Å²) in [4.78, 5) is 0.0598. The van der Waals surface area contributed by atoms with Crippen molar-refractivity contribution >= 4 is 54.4 Å². The molecule has 29 heavy (non-hydrogen) atoms. The van der Waals surface area contributed by atoms with E-state index in [1.54, 1.807) is 47.8 Å². The monoisotopic (exact) mass is 468 g/mol. The van der Waals surface area contributed by atoms with Crippen molar-refractivity contribution in [3.63, 3.8) is 0 Å². The van der Waals surface area contributed by atoms with Crippen LogP contribution in [0.3, 0.4) is 0 Å². The van der Waals surface area contributed by atoms with Crippen LogP contribution in [0, 0.1) is 0 Å². The molecule has 0 bridgehead atoms. The highest BCUT2D eigenvalue weighted by atomic mass is 35.5. The Bertz CT molecular complexity index is 1260. The second kappa shape index (κ2) is 7.64. The van der Waals surface area contributed by atoms with Gasteiger partial charge in [0.2, 0.25) is 0 Å². The van der Waals surface area contributed by atoms with Gasteiger partial charge >= 0.3 is 0 Å². The van der Waals surface area contributed by atoms with E-state index >= 15 is 0 Å². The molecular weight excluding hydrogens is 452 g/mol. The molecule has 1 aromatic heterocycles. The predicted molar refractivity (Wildman–Crippen MR) is 116 cm³/mol. The number of rotatable bonds is 5. The second-order valence-corrected chi connectivity index (χ2v) is 11.7. The number of benzene rings is 2. The molecule has 0 radical (unpaired) electrons. The predicted octanol–water partition coefficient (Wildman–Crippen LogP) is 4.34.